The zero-order chi connectivity index (χ0) is 11.5. The first-order chi connectivity index (χ1) is 7.65. The van der Waals surface area contributed by atoms with Gasteiger partial charge in [-0.25, -0.2) is 9.59 Å². The largest absolute Gasteiger partial charge is 0.478 e. The van der Waals surface area contributed by atoms with Crippen LogP contribution in [-0.4, -0.2) is 21.2 Å². The van der Waals surface area contributed by atoms with Gasteiger partial charge in [0.2, 0.25) is 0 Å². The minimum Gasteiger partial charge on any atom is -0.478 e. The van der Waals surface area contributed by atoms with Gasteiger partial charge in [-0.1, -0.05) is 17.3 Å². The van der Waals surface area contributed by atoms with Crippen LogP contribution in [0.15, 0.2) is 33.6 Å². The Morgan fingerprint density at radius 3 is 2.94 bits per heavy atom. The van der Waals surface area contributed by atoms with Gasteiger partial charge in [-0.05, 0) is 17.7 Å². The number of aromatic carboxylic acids is 1. The number of rotatable bonds is 3. The summed E-state index contributed by atoms with van der Waals surface area (Å²) < 4.78 is 4.34. The lowest BCUT2D eigenvalue weighted by Crippen LogP contribution is -2.00. The number of H-pyrrole nitrogens is 1. The normalized spacial score (nSPS) is 10.2. The summed E-state index contributed by atoms with van der Waals surface area (Å²) in [6.45, 7) is 0. The number of benzene rings is 1. The van der Waals surface area contributed by atoms with Gasteiger partial charge in [-0.2, -0.15) is 0 Å². The van der Waals surface area contributed by atoms with Crippen LogP contribution >= 0.6 is 0 Å². The van der Waals surface area contributed by atoms with Crippen molar-refractivity contribution < 1.29 is 14.4 Å². The second kappa shape index (κ2) is 4.01. The number of carboxylic acids is 1. The second-order valence-corrected chi connectivity index (χ2v) is 3.22. The number of aromatic nitrogens is 2. The first-order valence-electron chi connectivity index (χ1n) is 4.52. The minimum atomic E-state index is -0.990. The van der Waals surface area contributed by atoms with E-state index >= 15 is 0 Å². The molecule has 0 radical (unpaired) electrons. The summed E-state index contributed by atoms with van der Waals surface area (Å²) in [4.78, 5) is 23.8. The summed E-state index contributed by atoms with van der Waals surface area (Å²) in [6, 6.07) is 6.41. The monoisotopic (exact) mass is 220 g/mol. The van der Waals surface area contributed by atoms with Gasteiger partial charge in [0.1, 0.15) is 0 Å². The van der Waals surface area contributed by atoms with E-state index in [-0.39, 0.29) is 5.56 Å². The molecule has 0 amide bonds. The fourth-order valence-corrected chi connectivity index (χ4v) is 1.34. The van der Waals surface area contributed by atoms with Crippen molar-refractivity contribution in [2.45, 2.75) is 6.42 Å². The number of nitrogens with zero attached hydrogens (tertiary/aromatic N) is 1. The van der Waals surface area contributed by atoms with E-state index in [1.54, 1.807) is 12.1 Å². The Morgan fingerprint density at radius 1 is 1.50 bits per heavy atom. The smallest absolute Gasteiger partial charge is 0.438 e. The fraction of sp³-hybridized carbons (Fsp3) is 0.100. The molecule has 0 saturated heterocycles. The van der Waals surface area contributed by atoms with E-state index < -0.39 is 11.7 Å². The van der Waals surface area contributed by atoms with E-state index in [0.29, 0.717) is 12.2 Å². The third-order valence-corrected chi connectivity index (χ3v) is 2.03. The molecule has 0 fully saturated rings. The molecule has 6 nitrogen and oxygen atoms in total. The maximum atomic E-state index is 10.7. The van der Waals surface area contributed by atoms with E-state index in [1.807, 2.05) is 0 Å². The van der Waals surface area contributed by atoms with Crippen LogP contribution < -0.4 is 5.76 Å². The van der Waals surface area contributed by atoms with Crippen LogP contribution in [-0.2, 0) is 6.42 Å². The van der Waals surface area contributed by atoms with Crippen molar-refractivity contribution >= 4 is 5.97 Å². The highest BCUT2D eigenvalue weighted by Crippen LogP contribution is 2.08. The van der Waals surface area contributed by atoms with Crippen LogP contribution in [0.2, 0.25) is 0 Å². The van der Waals surface area contributed by atoms with Crippen LogP contribution in [0.5, 0.6) is 0 Å². The summed E-state index contributed by atoms with van der Waals surface area (Å²) in [5.41, 5.74) is 0.938. The van der Waals surface area contributed by atoms with Crippen molar-refractivity contribution in [2.75, 3.05) is 0 Å². The lowest BCUT2D eigenvalue weighted by Gasteiger charge is -1.99. The molecular formula is C10H8N2O4. The van der Waals surface area contributed by atoms with Crippen LogP contribution in [0.25, 0.3) is 0 Å². The summed E-state index contributed by atoms with van der Waals surface area (Å²) in [7, 11) is 0. The SMILES string of the molecule is O=C(O)c1cccc(Cc2noc(=O)[nH]2)c1. The summed E-state index contributed by atoms with van der Waals surface area (Å²) in [5.74, 6) is -1.24. The molecule has 2 aromatic rings. The summed E-state index contributed by atoms with van der Waals surface area (Å²) in [6.07, 6.45) is 0.326. The molecular weight excluding hydrogens is 212 g/mol. The maximum absolute atomic E-state index is 10.7. The van der Waals surface area contributed by atoms with Gasteiger partial charge in [0.25, 0.3) is 0 Å². The predicted molar refractivity (Wildman–Crippen MR) is 53.3 cm³/mol. The summed E-state index contributed by atoms with van der Waals surface area (Å²) >= 11 is 0. The minimum absolute atomic E-state index is 0.198. The van der Waals surface area contributed by atoms with Gasteiger partial charge in [-0.15, -0.1) is 0 Å². The number of carbonyl (C=O) groups is 1. The molecule has 0 saturated carbocycles. The molecule has 1 aromatic carbocycles. The number of hydrogen-bond donors (Lipinski definition) is 2. The van der Waals surface area contributed by atoms with E-state index in [4.69, 9.17) is 5.11 Å². The topological polar surface area (TPSA) is 96.2 Å². The molecule has 0 atom stereocenters. The Morgan fingerprint density at radius 2 is 2.31 bits per heavy atom. The molecule has 0 aliphatic rings. The van der Waals surface area contributed by atoms with Crippen molar-refractivity contribution in [3.8, 4) is 0 Å². The van der Waals surface area contributed by atoms with E-state index in [2.05, 4.69) is 14.7 Å². The first kappa shape index (κ1) is 10.2. The van der Waals surface area contributed by atoms with Gasteiger partial charge in [0.05, 0.1) is 5.56 Å². The fourth-order valence-electron chi connectivity index (χ4n) is 1.34. The zero-order valence-electron chi connectivity index (χ0n) is 8.14. The molecule has 6 heteroatoms. The Labute approximate surface area is 89.5 Å². The zero-order valence-corrected chi connectivity index (χ0v) is 8.14. The van der Waals surface area contributed by atoms with Crippen molar-refractivity contribution in [3.05, 3.63) is 51.8 Å². The number of nitrogens with one attached hydrogen (secondary N) is 1. The Bertz CT molecular complexity index is 570. The second-order valence-electron chi connectivity index (χ2n) is 3.22. The highest BCUT2D eigenvalue weighted by Gasteiger charge is 2.06. The molecule has 16 heavy (non-hydrogen) atoms. The van der Waals surface area contributed by atoms with E-state index in [9.17, 15) is 9.59 Å². The molecule has 0 aliphatic heterocycles. The van der Waals surface area contributed by atoms with Crippen LogP contribution in [0.1, 0.15) is 21.7 Å². The summed E-state index contributed by atoms with van der Waals surface area (Å²) in [5, 5.41) is 12.3. The molecule has 0 aliphatic carbocycles. The standard InChI is InChI=1S/C10H8N2O4/c13-9(14)7-3-1-2-6(4-7)5-8-11-10(15)16-12-8/h1-4H,5H2,(H,13,14)(H,11,12,15). The van der Waals surface area contributed by atoms with E-state index in [1.165, 1.54) is 12.1 Å². The third kappa shape index (κ3) is 2.17. The Kier molecular flexibility index (Phi) is 2.55. The number of carboxylic acid groups (broad SMARTS) is 1. The van der Waals surface area contributed by atoms with Gasteiger partial charge >= 0.3 is 11.7 Å². The van der Waals surface area contributed by atoms with Crippen LogP contribution in [0.3, 0.4) is 0 Å². The molecule has 1 heterocycles. The molecule has 1 aromatic heterocycles. The number of aromatic amines is 1. The molecule has 0 spiro atoms. The van der Waals surface area contributed by atoms with Crippen molar-refractivity contribution in [3.63, 3.8) is 0 Å². The number of hydrogen-bond acceptors (Lipinski definition) is 4. The molecule has 0 unspecified atom stereocenters. The van der Waals surface area contributed by atoms with Crippen LogP contribution in [0, 0.1) is 0 Å². The third-order valence-electron chi connectivity index (χ3n) is 2.03. The molecule has 82 valence electrons. The van der Waals surface area contributed by atoms with E-state index in [0.717, 1.165) is 5.56 Å². The Hall–Kier alpha value is -2.37. The van der Waals surface area contributed by atoms with Gasteiger partial charge < -0.3 is 5.11 Å². The average molecular weight is 220 g/mol. The highest BCUT2D eigenvalue weighted by atomic mass is 16.5. The molecule has 2 N–H and O–H groups in total. The maximum Gasteiger partial charge on any atom is 0.438 e. The first-order valence-corrected chi connectivity index (χ1v) is 4.52. The van der Waals surface area contributed by atoms with Gasteiger partial charge in [-0.3, -0.25) is 9.51 Å². The predicted octanol–water partition coefficient (Wildman–Crippen LogP) is 0.652. The van der Waals surface area contributed by atoms with Crippen molar-refractivity contribution in [2.24, 2.45) is 0 Å². The van der Waals surface area contributed by atoms with Gasteiger partial charge in [0.15, 0.2) is 5.82 Å². The lowest BCUT2D eigenvalue weighted by atomic mass is 10.1. The van der Waals surface area contributed by atoms with Crippen molar-refractivity contribution in [1.29, 1.82) is 0 Å². The molecule has 2 rings (SSSR count). The van der Waals surface area contributed by atoms with Gasteiger partial charge in [0, 0.05) is 6.42 Å². The van der Waals surface area contributed by atoms with Crippen LogP contribution in [0.4, 0.5) is 0 Å². The lowest BCUT2D eigenvalue weighted by molar-refractivity contribution is 0.0697. The quantitative estimate of drug-likeness (QED) is 0.791. The van der Waals surface area contributed by atoms with Crippen molar-refractivity contribution in [1.82, 2.24) is 10.1 Å². The average Bonchev–Trinajstić information content (AvgIpc) is 2.64. The molecule has 0 bridgehead atoms. The highest BCUT2D eigenvalue weighted by molar-refractivity contribution is 5.87. The Balaban J connectivity index is 2.25.